The summed E-state index contributed by atoms with van der Waals surface area (Å²) in [4.78, 5) is 11.8. The van der Waals surface area contributed by atoms with Crippen molar-refractivity contribution in [1.82, 2.24) is 20.1 Å². The Morgan fingerprint density at radius 1 is 1.10 bits per heavy atom. The third kappa shape index (κ3) is 9.16. The van der Waals surface area contributed by atoms with E-state index in [9.17, 15) is 4.79 Å². The van der Waals surface area contributed by atoms with Crippen molar-refractivity contribution >= 4 is 17.7 Å². The monoisotopic (exact) mass is 428 g/mol. The number of benzene rings is 1. The van der Waals surface area contributed by atoms with Gasteiger partial charge in [0.1, 0.15) is 11.6 Å². The van der Waals surface area contributed by atoms with Gasteiger partial charge in [-0.25, -0.2) is 0 Å². The van der Waals surface area contributed by atoms with Gasteiger partial charge in [-0.1, -0.05) is 42.8 Å². The molecule has 164 valence electrons. The molecule has 0 radical (unpaired) electrons. The van der Waals surface area contributed by atoms with E-state index in [1.54, 1.807) is 0 Å². The molecular weight excluding hydrogens is 392 g/mol. The van der Waals surface area contributed by atoms with Gasteiger partial charge < -0.3 is 9.88 Å². The third-order valence-electron chi connectivity index (χ3n) is 4.90. The molecule has 0 aliphatic heterocycles. The molecule has 0 saturated heterocycles. The number of carbonyl (C=O) groups excluding carboxylic acids is 1. The Labute approximate surface area is 185 Å². The number of hydrogen-bond donors (Lipinski definition) is 1. The van der Waals surface area contributed by atoms with Crippen molar-refractivity contribution in [2.45, 2.75) is 71.1 Å². The van der Waals surface area contributed by atoms with Gasteiger partial charge in [0.05, 0.1) is 5.75 Å². The van der Waals surface area contributed by atoms with Crippen molar-refractivity contribution in [3.63, 3.8) is 0 Å². The Morgan fingerprint density at radius 2 is 1.87 bits per heavy atom. The summed E-state index contributed by atoms with van der Waals surface area (Å²) in [6, 6.07) is 10.6. The van der Waals surface area contributed by atoms with Crippen LogP contribution in [0.2, 0.25) is 0 Å². The first kappa shape index (κ1) is 24.2. The maximum atomic E-state index is 11.8. The summed E-state index contributed by atoms with van der Waals surface area (Å²) in [6.45, 7) is 9.77. The van der Waals surface area contributed by atoms with Crippen molar-refractivity contribution in [1.29, 1.82) is 0 Å². The first-order chi connectivity index (χ1) is 14.6. The molecule has 0 fully saturated rings. The van der Waals surface area contributed by atoms with Crippen LogP contribution in [0.15, 0.2) is 42.5 Å². The van der Waals surface area contributed by atoms with Crippen LogP contribution < -0.4 is 5.32 Å². The Bertz CT molecular complexity index is 773. The lowest BCUT2D eigenvalue weighted by molar-refractivity contribution is -0.121. The molecule has 6 heteroatoms. The number of nitrogens with zero attached hydrogens (tertiary/aromatic N) is 3. The van der Waals surface area contributed by atoms with Gasteiger partial charge >= 0.3 is 0 Å². The van der Waals surface area contributed by atoms with E-state index in [0.29, 0.717) is 6.42 Å². The normalized spacial score (nSPS) is 10.9. The predicted molar refractivity (Wildman–Crippen MR) is 127 cm³/mol. The summed E-state index contributed by atoms with van der Waals surface area (Å²) in [6.07, 6.45) is 6.25. The van der Waals surface area contributed by atoms with Crippen LogP contribution in [0.3, 0.4) is 0 Å². The molecule has 30 heavy (non-hydrogen) atoms. The highest BCUT2D eigenvalue weighted by atomic mass is 32.2. The fourth-order valence-corrected chi connectivity index (χ4v) is 4.17. The van der Waals surface area contributed by atoms with E-state index in [4.69, 9.17) is 0 Å². The molecule has 0 spiro atoms. The Kier molecular flexibility index (Phi) is 11.3. The lowest BCUT2D eigenvalue weighted by Gasteiger charge is -2.11. The average molecular weight is 429 g/mol. The number of aryl methyl sites for hydroxylation is 2. The SMILES string of the molecule is C=C(C)CCSCc1nnc(CCCCC(=O)NCCC)n1CCc1ccccc1. The molecule has 1 N–H and O–H groups in total. The molecular formula is C24H36N4OS. The van der Waals surface area contributed by atoms with Crippen LogP contribution in [0.25, 0.3) is 0 Å². The Hall–Kier alpha value is -2.08. The molecule has 1 amide bonds. The quantitative estimate of drug-likeness (QED) is 0.322. The predicted octanol–water partition coefficient (Wildman–Crippen LogP) is 4.96. The Balaban J connectivity index is 1.91. The molecule has 0 aliphatic carbocycles. The number of amides is 1. The van der Waals surface area contributed by atoms with Gasteiger partial charge in [-0.2, -0.15) is 11.8 Å². The fraction of sp³-hybridized carbons (Fsp3) is 0.542. The molecule has 1 heterocycles. The minimum atomic E-state index is 0.150. The number of nitrogens with one attached hydrogen (secondary N) is 1. The minimum Gasteiger partial charge on any atom is -0.356 e. The number of hydrogen-bond acceptors (Lipinski definition) is 4. The van der Waals surface area contributed by atoms with E-state index < -0.39 is 0 Å². The van der Waals surface area contributed by atoms with Crippen LogP contribution >= 0.6 is 11.8 Å². The second-order valence-electron chi connectivity index (χ2n) is 7.74. The van der Waals surface area contributed by atoms with Crippen molar-refractivity contribution in [2.24, 2.45) is 0 Å². The molecule has 0 atom stereocenters. The fourth-order valence-electron chi connectivity index (χ4n) is 3.14. The maximum absolute atomic E-state index is 11.8. The molecule has 1 aromatic carbocycles. The second-order valence-corrected chi connectivity index (χ2v) is 8.84. The van der Waals surface area contributed by atoms with Gasteiger partial charge in [-0.3, -0.25) is 4.79 Å². The molecule has 1 aromatic heterocycles. The Morgan fingerprint density at radius 3 is 2.60 bits per heavy atom. The van der Waals surface area contributed by atoms with E-state index in [1.807, 2.05) is 17.8 Å². The van der Waals surface area contributed by atoms with Gasteiger partial charge in [-0.15, -0.1) is 16.8 Å². The smallest absolute Gasteiger partial charge is 0.219 e. The van der Waals surface area contributed by atoms with Crippen LogP contribution in [0.5, 0.6) is 0 Å². The van der Waals surface area contributed by atoms with Crippen LogP contribution in [0, 0.1) is 0 Å². The van der Waals surface area contributed by atoms with Gasteiger partial charge in [0, 0.05) is 25.9 Å². The highest BCUT2D eigenvalue weighted by Gasteiger charge is 2.12. The first-order valence-corrected chi connectivity index (χ1v) is 12.2. The van der Waals surface area contributed by atoms with Gasteiger partial charge in [0.2, 0.25) is 5.91 Å². The third-order valence-corrected chi connectivity index (χ3v) is 5.86. The zero-order valence-corrected chi connectivity index (χ0v) is 19.3. The average Bonchev–Trinajstić information content (AvgIpc) is 3.13. The molecule has 0 bridgehead atoms. The topological polar surface area (TPSA) is 59.8 Å². The van der Waals surface area contributed by atoms with Gasteiger partial charge in [0.25, 0.3) is 0 Å². The number of rotatable bonds is 15. The molecule has 0 unspecified atom stereocenters. The summed E-state index contributed by atoms with van der Waals surface area (Å²) in [5, 5.41) is 11.9. The van der Waals surface area contributed by atoms with E-state index >= 15 is 0 Å². The van der Waals surface area contributed by atoms with Crippen LogP contribution in [0.4, 0.5) is 0 Å². The van der Waals surface area contributed by atoms with Crippen molar-refractivity contribution < 1.29 is 4.79 Å². The van der Waals surface area contributed by atoms with Crippen molar-refractivity contribution in [2.75, 3.05) is 12.3 Å². The van der Waals surface area contributed by atoms with Crippen LogP contribution in [0.1, 0.15) is 63.2 Å². The highest BCUT2D eigenvalue weighted by Crippen LogP contribution is 2.17. The summed E-state index contributed by atoms with van der Waals surface area (Å²) >= 11 is 1.89. The van der Waals surface area contributed by atoms with E-state index in [1.165, 1.54) is 11.1 Å². The standard InChI is InChI=1S/C24H36N4OS/c1-4-16-25-24(29)13-9-8-12-22-26-27-23(19-30-18-15-20(2)3)28(22)17-14-21-10-6-5-7-11-21/h5-7,10-11H,2,4,8-9,12-19H2,1,3H3,(H,25,29). The maximum Gasteiger partial charge on any atom is 0.219 e. The number of unbranched alkanes of at least 4 members (excludes halogenated alkanes) is 1. The van der Waals surface area contributed by atoms with Gasteiger partial charge in [0.15, 0.2) is 0 Å². The molecule has 0 aliphatic rings. The first-order valence-electron chi connectivity index (χ1n) is 11.0. The molecule has 5 nitrogen and oxygen atoms in total. The van der Waals surface area contributed by atoms with E-state index in [2.05, 4.69) is 64.8 Å². The number of allylic oxidation sites excluding steroid dienone is 1. The van der Waals surface area contributed by atoms with Crippen molar-refractivity contribution in [3.8, 4) is 0 Å². The zero-order chi connectivity index (χ0) is 21.6. The number of thioether (sulfide) groups is 1. The number of aromatic nitrogens is 3. The largest absolute Gasteiger partial charge is 0.356 e. The van der Waals surface area contributed by atoms with Crippen LogP contribution in [-0.4, -0.2) is 33.0 Å². The minimum absolute atomic E-state index is 0.150. The van der Waals surface area contributed by atoms with E-state index in [-0.39, 0.29) is 5.91 Å². The molecule has 2 rings (SSSR count). The lowest BCUT2D eigenvalue weighted by atomic mass is 10.1. The summed E-state index contributed by atoms with van der Waals surface area (Å²) in [7, 11) is 0. The summed E-state index contributed by atoms with van der Waals surface area (Å²) < 4.78 is 2.29. The second kappa shape index (κ2) is 14.0. The molecule has 0 saturated carbocycles. The van der Waals surface area contributed by atoms with Gasteiger partial charge in [-0.05, 0) is 50.3 Å². The summed E-state index contributed by atoms with van der Waals surface area (Å²) in [5.41, 5.74) is 2.54. The number of carbonyl (C=O) groups is 1. The van der Waals surface area contributed by atoms with Crippen molar-refractivity contribution in [3.05, 3.63) is 59.7 Å². The van der Waals surface area contributed by atoms with Crippen LogP contribution in [-0.2, 0) is 29.9 Å². The lowest BCUT2D eigenvalue weighted by Crippen LogP contribution is -2.23. The van der Waals surface area contributed by atoms with E-state index in [0.717, 1.165) is 74.8 Å². The molecule has 2 aromatic rings. The highest BCUT2D eigenvalue weighted by molar-refractivity contribution is 7.98. The zero-order valence-electron chi connectivity index (χ0n) is 18.5. The summed E-state index contributed by atoms with van der Waals surface area (Å²) in [5.74, 6) is 4.16.